The molecule has 1 aromatic heterocycles. The number of aromatic nitrogens is 2. The van der Waals surface area contributed by atoms with Crippen molar-refractivity contribution < 1.29 is 0 Å². The molecule has 0 unspecified atom stereocenters. The van der Waals surface area contributed by atoms with E-state index >= 15 is 0 Å². The number of nitrogens with one attached hydrogen (secondary N) is 1. The van der Waals surface area contributed by atoms with Crippen LogP contribution in [0.15, 0.2) is 30.3 Å². The Kier molecular flexibility index (Phi) is 3.53. The van der Waals surface area contributed by atoms with Gasteiger partial charge in [-0.05, 0) is 37.0 Å². The molecule has 1 heterocycles. The van der Waals surface area contributed by atoms with Gasteiger partial charge < -0.3 is 5.32 Å². The van der Waals surface area contributed by atoms with Crippen molar-refractivity contribution in [3.8, 4) is 6.07 Å². The first kappa shape index (κ1) is 12.9. The average molecular weight is 285 g/mol. The third kappa shape index (κ3) is 3.25. The molecule has 0 amide bonds. The summed E-state index contributed by atoms with van der Waals surface area (Å²) in [6.45, 7) is 0. The molecular weight excluding hydrogens is 272 g/mol. The van der Waals surface area contributed by atoms with E-state index in [9.17, 15) is 0 Å². The van der Waals surface area contributed by atoms with Crippen LogP contribution in [0.25, 0.3) is 0 Å². The Morgan fingerprint density at radius 2 is 2.15 bits per heavy atom. The average Bonchev–Trinajstić information content (AvgIpc) is 3.22. The van der Waals surface area contributed by atoms with Gasteiger partial charge in [-0.25, -0.2) is 9.97 Å². The quantitative estimate of drug-likeness (QED) is 0.870. The van der Waals surface area contributed by atoms with Crippen molar-refractivity contribution in [3.63, 3.8) is 0 Å². The minimum Gasteiger partial charge on any atom is -0.340 e. The molecule has 0 atom stereocenters. The highest BCUT2D eigenvalue weighted by Gasteiger charge is 2.23. The van der Waals surface area contributed by atoms with Gasteiger partial charge in [-0.2, -0.15) is 5.26 Å². The molecule has 1 aliphatic carbocycles. The van der Waals surface area contributed by atoms with Crippen LogP contribution in [0.1, 0.15) is 24.2 Å². The SMILES string of the molecule is N#Cc1cccc(Nc2cc(Cl)nc(CC3CC3)n2)c1. The van der Waals surface area contributed by atoms with Crippen LogP contribution in [-0.2, 0) is 6.42 Å². The highest BCUT2D eigenvalue weighted by molar-refractivity contribution is 6.29. The zero-order chi connectivity index (χ0) is 13.9. The van der Waals surface area contributed by atoms with E-state index in [2.05, 4.69) is 21.4 Å². The lowest BCUT2D eigenvalue weighted by atomic mass is 10.2. The molecule has 1 saturated carbocycles. The van der Waals surface area contributed by atoms with Gasteiger partial charge in [0.15, 0.2) is 0 Å². The van der Waals surface area contributed by atoms with Gasteiger partial charge in [0.25, 0.3) is 0 Å². The Balaban J connectivity index is 1.82. The third-order valence-electron chi connectivity index (χ3n) is 3.17. The number of nitrogens with zero attached hydrogens (tertiary/aromatic N) is 3. The van der Waals surface area contributed by atoms with Crippen LogP contribution in [0.5, 0.6) is 0 Å². The molecule has 0 aliphatic heterocycles. The molecule has 1 N–H and O–H groups in total. The smallest absolute Gasteiger partial charge is 0.135 e. The molecular formula is C15H13ClN4. The maximum absolute atomic E-state index is 8.90. The molecule has 0 radical (unpaired) electrons. The van der Waals surface area contributed by atoms with E-state index in [4.69, 9.17) is 16.9 Å². The first-order valence-electron chi connectivity index (χ1n) is 6.53. The molecule has 1 aromatic carbocycles. The van der Waals surface area contributed by atoms with E-state index in [-0.39, 0.29) is 0 Å². The van der Waals surface area contributed by atoms with Gasteiger partial charge in [0.05, 0.1) is 11.6 Å². The second kappa shape index (κ2) is 5.48. The predicted octanol–water partition coefficient (Wildman–Crippen LogP) is 3.70. The number of hydrogen-bond donors (Lipinski definition) is 1. The highest BCUT2D eigenvalue weighted by Crippen LogP contribution is 2.32. The van der Waals surface area contributed by atoms with Crippen LogP contribution in [0.2, 0.25) is 5.15 Å². The largest absolute Gasteiger partial charge is 0.340 e. The van der Waals surface area contributed by atoms with E-state index < -0.39 is 0 Å². The van der Waals surface area contributed by atoms with Crippen LogP contribution < -0.4 is 5.32 Å². The lowest BCUT2D eigenvalue weighted by Gasteiger charge is -2.08. The summed E-state index contributed by atoms with van der Waals surface area (Å²) >= 11 is 6.04. The van der Waals surface area contributed by atoms with Crippen molar-refractivity contribution in [3.05, 3.63) is 46.9 Å². The van der Waals surface area contributed by atoms with Gasteiger partial charge in [-0.3, -0.25) is 0 Å². The Hall–Kier alpha value is -2.12. The second-order valence-electron chi connectivity index (χ2n) is 4.96. The summed E-state index contributed by atoms with van der Waals surface area (Å²) in [6.07, 6.45) is 3.39. The summed E-state index contributed by atoms with van der Waals surface area (Å²) in [4.78, 5) is 8.73. The first-order valence-corrected chi connectivity index (χ1v) is 6.91. The van der Waals surface area contributed by atoms with Crippen molar-refractivity contribution in [2.45, 2.75) is 19.3 Å². The van der Waals surface area contributed by atoms with Crippen LogP contribution in [0.3, 0.4) is 0 Å². The highest BCUT2D eigenvalue weighted by atomic mass is 35.5. The summed E-state index contributed by atoms with van der Waals surface area (Å²) in [5, 5.41) is 12.5. The molecule has 4 nitrogen and oxygen atoms in total. The number of hydrogen-bond acceptors (Lipinski definition) is 4. The molecule has 5 heteroatoms. The Bertz CT molecular complexity index is 674. The minimum absolute atomic E-state index is 0.439. The Morgan fingerprint density at radius 3 is 2.90 bits per heavy atom. The molecule has 0 spiro atoms. The van der Waals surface area contributed by atoms with Gasteiger partial charge in [-0.1, -0.05) is 17.7 Å². The van der Waals surface area contributed by atoms with Gasteiger partial charge in [0, 0.05) is 18.2 Å². The third-order valence-corrected chi connectivity index (χ3v) is 3.37. The van der Waals surface area contributed by atoms with Crippen LogP contribution >= 0.6 is 11.6 Å². The fraction of sp³-hybridized carbons (Fsp3) is 0.267. The van der Waals surface area contributed by atoms with Crippen molar-refractivity contribution in [1.29, 1.82) is 5.26 Å². The molecule has 1 aliphatic rings. The zero-order valence-electron chi connectivity index (χ0n) is 10.8. The van der Waals surface area contributed by atoms with Gasteiger partial charge in [0.1, 0.15) is 16.8 Å². The lowest BCUT2D eigenvalue weighted by molar-refractivity contribution is 0.771. The molecule has 0 saturated heterocycles. The molecule has 1 fully saturated rings. The molecule has 20 heavy (non-hydrogen) atoms. The number of anilines is 2. The fourth-order valence-electron chi connectivity index (χ4n) is 2.01. The lowest BCUT2D eigenvalue weighted by Crippen LogP contribution is -2.01. The standard InChI is InChI=1S/C15H13ClN4/c16-13-8-15(20-14(19-13)7-10-4-5-10)18-12-3-1-2-11(6-12)9-17/h1-3,6,8,10H,4-5,7H2,(H,18,19,20). The number of halogens is 1. The zero-order valence-corrected chi connectivity index (χ0v) is 11.6. The Morgan fingerprint density at radius 1 is 1.30 bits per heavy atom. The predicted molar refractivity (Wildman–Crippen MR) is 77.9 cm³/mol. The van der Waals surface area contributed by atoms with E-state index in [1.165, 1.54) is 12.8 Å². The number of nitriles is 1. The van der Waals surface area contributed by atoms with Crippen molar-refractivity contribution in [1.82, 2.24) is 9.97 Å². The monoisotopic (exact) mass is 284 g/mol. The van der Waals surface area contributed by atoms with E-state index in [1.54, 1.807) is 18.2 Å². The molecule has 2 aromatic rings. The Labute approximate surface area is 122 Å². The summed E-state index contributed by atoms with van der Waals surface area (Å²) in [5.74, 6) is 2.15. The van der Waals surface area contributed by atoms with Crippen molar-refractivity contribution in [2.24, 2.45) is 5.92 Å². The topological polar surface area (TPSA) is 61.6 Å². The summed E-state index contributed by atoms with van der Waals surface area (Å²) < 4.78 is 0. The maximum atomic E-state index is 8.90. The van der Waals surface area contributed by atoms with Gasteiger partial charge >= 0.3 is 0 Å². The van der Waals surface area contributed by atoms with Gasteiger partial charge in [-0.15, -0.1) is 0 Å². The van der Waals surface area contributed by atoms with E-state index in [1.807, 2.05) is 12.1 Å². The van der Waals surface area contributed by atoms with Crippen LogP contribution in [-0.4, -0.2) is 9.97 Å². The van der Waals surface area contributed by atoms with Crippen molar-refractivity contribution >= 4 is 23.1 Å². The molecule has 100 valence electrons. The normalized spacial score (nSPS) is 13.8. The van der Waals surface area contributed by atoms with Crippen LogP contribution in [0.4, 0.5) is 11.5 Å². The van der Waals surface area contributed by atoms with Crippen molar-refractivity contribution in [2.75, 3.05) is 5.32 Å². The second-order valence-corrected chi connectivity index (χ2v) is 5.34. The maximum Gasteiger partial charge on any atom is 0.135 e. The summed E-state index contributed by atoms with van der Waals surface area (Å²) in [6, 6.07) is 11.1. The minimum atomic E-state index is 0.439. The molecule has 0 bridgehead atoms. The number of benzene rings is 1. The first-order chi connectivity index (χ1) is 9.72. The van der Waals surface area contributed by atoms with Crippen LogP contribution in [0, 0.1) is 17.2 Å². The van der Waals surface area contributed by atoms with E-state index in [0.717, 1.165) is 17.9 Å². The molecule has 3 rings (SSSR count). The van der Waals surface area contributed by atoms with Gasteiger partial charge in [0.2, 0.25) is 0 Å². The summed E-state index contributed by atoms with van der Waals surface area (Å²) in [7, 11) is 0. The summed E-state index contributed by atoms with van der Waals surface area (Å²) in [5.41, 5.74) is 1.42. The number of rotatable bonds is 4. The van der Waals surface area contributed by atoms with E-state index in [0.29, 0.717) is 22.5 Å². The fourth-order valence-corrected chi connectivity index (χ4v) is 2.22.